The van der Waals surface area contributed by atoms with Crippen LogP contribution in [-0.4, -0.2) is 31.6 Å². The van der Waals surface area contributed by atoms with Gasteiger partial charge in [0.1, 0.15) is 11.3 Å². The first kappa shape index (κ1) is 19.3. The first-order valence-electron chi connectivity index (χ1n) is 8.88. The minimum atomic E-state index is -0.921. The third kappa shape index (κ3) is 4.14. The monoisotopic (exact) mass is 347 g/mol. The van der Waals surface area contributed by atoms with Gasteiger partial charge in [0, 0.05) is 5.56 Å². The molecule has 1 amide bonds. The fourth-order valence-corrected chi connectivity index (χ4v) is 3.76. The number of aryl methyl sites for hydroxylation is 1. The standard InChI is InChI=1S/C20H29NO4/c1-13-8-9-16(17(11-13)24-4)15(3)18(22)21-20(19(23)25-5)10-6-7-14(2)12-20/h8-9,11,14-15H,6-7,10,12H2,1-5H3,(H,21,22). The van der Waals surface area contributed by atoms with Crippen LogP contribution < -0.4 is 10.1 Å². The molecule has 1 aromatic carbocycles. The topological polar surface area (TPSA) is 64.6 Å². The molecule has 5 heteroatoms. The molecule has 0 aromatic heterocycles. The van der Waals surface area contributed by atoms with Gasteiger partial charge >= 0.3 is 5.97 Å². The molecule has 1 N–H and O–H groups in total. The lowest BCUT2D eigenvalue weighted by Gasteiger charge is -2.38. The molecule has 0 spiro atoms. The average Bonchev–Trinajstić information content (AvgIpc) is 2.60. The number of carbonyl (C=O) groups is 2. The number of hydrogen-bond donors (Lipinski definition) is 1. The third-order valence-electron chi connectivity index (χ3n) is 5.18. The lowest BCUT2D eigenvalue weighted by Crippen LogP contribution is -2.58. The Morgan fingerprint density at radius 3 is 2.64 bits per heavy atom. The summed E-state index contributed by atoms with van der Waals surface area (Å²) in [5, 5.41) is 3.01. The van der Waals surface area contributed by atoms with Gasteiger partial charge in [-0.2, -0.15) is 0 Å². The van der Waals surface area contributed by atoms with Crippen molar-refractivity contribution >= 4 is 11.9 Å². The number of esters is 1. The molecule has 0 saturated heterocycles. The Balaban J connectivity index is 2.25. The van der Waals surface area contributed by atoms with Crippen LogP contribution in [0, 0.1) is 12.8 Å². The molecule has 0 heterocycles. The minimum Gasteiger partial charge on any atom is -0.496 e. The van der Waals surface area contributed by atoms with Gasteiger partial charge in [0.2, 0.25) is 5.91 Å². The Morgan fingerprint density at radius 1 is 1.32 bits per heavy atom. The minimum absolute atomic E-state index is 0.179. The summed E-state index contributed by atoms with van der Waals surface area (Å²) in [5.41, 5.74) is 0.963. The van der Waals surface area contributed by atoms with E-state index in [1.165, 1.54) is 7.11 Å². The molecule has 3 atom stereocenters. The van der Waals surface area contributed by atoms with Gasteiger partial charge in [0.05, 0.1) is 20.1 Å². The number of hydrogen-bond acceptors (Lipinski definition) is 4. The van der Waals surface area contributed by atoms with Crippen molar-refractivity contribution in [3.8, 4) is 5.75 Å². The second-order valence-corrected chi connectivity index (χ2v) is 7.23. The van der Waals surface area contributed by atoms with Crippen molar-refractivity contribution in [1.82, 2.24) is 5.32 Å². The van der Waals surface area contributed by atoms with Crippen LogP contribution in [0.3, 0.4) is 0 Å². The van der Waals surface area contributed by atoms with Crippen molar-refractivity contribution in [2.45, 2.75) is 57.9 Å². The zero-order valence-electron chi connectivity index (χ0n) is 15.8. The average molecular weight is 347 g/mol. The van der Waals surface area contributed by atoms with E-state index >= 15 is 0 Å². The van der Waals surface area contributed by atoms with Crippen LogP contribution in [0.2, 0.25) is 0 Å². The summed E-state index contributed by atoms with van der Waals surface area (Å²) in [6, 6.07) is 5.78. The van der Waals surface area contributed by atoms with Gasteiger partial charge in [-0.25, -0.2) is 4.79 Å². The van der Waals surface area contributed by atoms with Gasteiger partial charge in [-0.15, -0.1) is 0 Å². The Bertz CT molecular complexity index is 643. The summed E-state index contributed by atoms with van der Waals surface area (Å²) in [6.45, 7) is 5.92. The van der Waals surface area contributed by atoms with Crippen LogP contribution in [0.1, 0.15) is 56.6 Å². The number of methoxy groups -OCH3 is 2. The van der Waals surface area contributed by atoms with E-state index in [0.717, 1.165) is 24.0 Å². The Labute approximate surface area is 150 Å². The SMILES string of the molecule is COC(=O)C1(NC(=O)C(C)c2ccc(C)cc2OC)CCCC(C)C1. The van der Waals surface area contributed by atoms with Gasteiger partial charge in [-0.3, -0.25) is 4.79 Å². The van der Waals surface area contributed by atoms with E-state index in [0.29, 0.717) is 24.5 Å². The predicted molar refractivity (Wildman–Crippen MR) is 96.7 cm³/mol. The molecule has 25 heavy (non-hydrogen) atoms. The van der Waals surface area contributed by atoms with E-state index in [9.17, 15) is 9.59 Å². The highest BCUT2D eigenvalue weighted by atomic mass is 16.5. The molecule has 3 unspecified atom stereocenters. The molecular weight excluding hydrogens is 318 g/mol. The van der Waals surface area contributed by atoms with Crippen molar-refractivity contribution < 1.29 is 19.1 Å². The highest BCUT2D eigenvalue weighted by molar-refractivity contribution is 5.91. The maximum atomic E-state index is 12.9. The Morgan fingerprint density at radius 2 is 2.04 bits per heavy atom. The van der Waals surface area contributed by atoms with Gasteiger partial charge in [-0.1, -0.05) is 31.9 Å². The summed E-state index contributed by atoms with van der Waals surface area (Å²) in [4.78, 5) is 25.4. The van der Waals surface area contributed by atoms with Gasteiger partial charge in [0.15, 0.2) is 0 Å². The quantitative estimate of drug-likeness (QED) is 0.830. The highest BCUT2D eigenvalue weighted by Gasteiger charge is 2.44. The van der Waals surface area contributed by atoms with Crippen LogP contribution in [0.25, 0.3) is 0 Å². The number of amides is 1. The van der Waals surface area contributed by atoms with E-state index in [4.69, 9.17) is 9.47 Å². The van der Waals surface area contributed by atoms with Crippen LogP contribution in [-0.2, 0) is 14.3 Å². The lowest BCUT2D eigenvalue weighted by molar-refractivity contribution is -0.153. The predicted octanol–water partition coefficient (Wildman–Crippen LogP) is 3.35. The summed E-state index contributed by atoms with van der Waals surface area (Å²) >= 11 is 0. The number of carbonyl (C=O) groups excluding carboxylic acids is 2. The number of ether oxygens (including phenoxy) is 2. The molecule has 1 aromatic rings. The maximum Gasteiger partial charge on any atom is 0.331 e. The molecule has 1 fully saturated rings. The fourth-order valence-electron chi connectivity index (χ4n) is 3.76. The van der Waals surface area contributed by atoms with Crippen molar-refractivity contribution in [2.75, 3.05) is 14.2 Å². The first-order chi connectivity index (χ1) is 11.8. The van der Waals surface area contributed by atoms with Crippen LogP contribution in [0.15, 0.2) is 18.2 Å². The summed E-state index contributed by atoms with van der Waals surface area (Å²) < 4.78 is 10.4. The molecule has 138 valence electrons. The zero-order chi connectivity index (χ0) is 18.6. The summed E-state index contributed by atoms with van der Waals surface area (Å²) in [5.74, 6) is 0.107. The van der Waals surface area contributed by atoms with Crippen LogP contribution >= 0.6 is 0 Å². The fraction of sp³-hybridized carbons (Fsp3) is 0.600. The number of nitrogens with one attached hydrogen (secondary N) is 1. The van der Waals surface area contributed by atoms with E-state index in [1.54, 1.807) is 7.11 Å². The lowest BCUT2D eigenvalue weighted by atomic mass is 9.76. The van der Waals surface area contributed by atoms with Gasteiger partial charge in [0.25, 0.3) is 0 Å². The number of benzene rings is 1. The Hall–Kier alpha value is -2.04. The summed E-state index contributed by atoms with van der Waals surface area (Å²) in [7, 11) is 2.98. The van der Waals surface area contributed by atoms with Gasteiger partial charge in [-0.05, 0) is 44.2 Å². The van der Waals surface area contributed by atoms with E-state index in [-0.39, 0.29) is 11.9 Å². The van der Waals surface area contributed by atoms with E-state index in [1.807, 2.05) is 32.0 Å². The molecule has 0 aliphatic heterocycles. The first-order valence-corrected chi connectivity index (χ1v) is 8.88. The molecule has 1 saturated carbocycles. The number of rotatable bonds is 5. The maximum absolute atomic E-state index is 12.9. The van der Waals surface area contributed by atoms with Crippen molar-refractivity contribution in [3.05, 3.63) is 29.3 Å². The van der Waals surface area contributed by atoms with E-state index in [2.05, 4.69) is 12.2 Å². The third-order valence-corrected chi connectivity index (χ3v) is 5.18. The van der Waals surface area contributed by atoms with Crippen molar-refractivity contribution in [3.63, 3.8) is 0 Å². The van der Waals surface area contributed by atoms with Crippen LogP contribution in [0.4, 0.5) is 0 Å². The molecule has 1 aliphatic rings. The van der Waals surface area contributed by atoms with Gasteiger partial charge < -0.3 is 14.8 Å². The van der Waals surface area contributed by atoms with Crippen molar-refractivity contribution in [2.24, 2.45) is 5.92 Å². The zero-order valence-corrected chi connectivity index (χ0v) is 15.8. The van der Waals surface area contributed by atoms with Crippen molar-refractivity contribution in [1.29, 1.82) is 0 Å². The Kier molecular flexibility index (Phi) is 6.09. The second kappa shape index (κ2) is 7.89. The molecule has 0 bridgehead atoms. The molecular formula is C20H29NO4. The molecule has 5 nitrogen and oxygen atoms in total. The molecule has 2 rings (SSSR count). The highest BCUT2D eigenvalue weighted by Crippen LogP contribution is 2.35. The normalized spacial score (nSPS) is 24.3. The summed E-state index contributed by atoms with van der Waals surface area (Å²) in [6.07, 6.45) is 3.20. The van der Waals surface area contributed by atoms with E-state index < -0.39 is 11.5 Å². The smallest absolute Gasteiger partial charge is 0.331 e. The largest absolute Gasteiger partial charge is 0.496 e. The molecule has 1 aliphatic carbocycles. The van der Waals surface area contributed by atoms with Crippen LogP contribution in [0.5, 0.6) is 5.75 Å². The molecule has 0 radical (unpaired) electrons. The second-order valence-electron chi connectivity index (χ2n) is 7.23.